The van der Waals surface area contributed by atoms with E-state index in [2.05, 4.69) is 22.6 Å². The van der Waals surface area contributed by atoms with Crippen molar-refractivity contribution in [3.8, 4) is 0 Å². The molecular weight excluding hydrogens is 329 g/mol. The van der Waals surface area contributed by atoms with Crippen LogP contribution in [0, 0.1) is 0 Å². The minimum absolute atomic E-state index is 0.492. The second-order valence-corrected chi connectivity index (χ2v) is 4.57. The zero-order valence-corrected chi connectivity index (χ0v) is 10.5. The Morgan fingerprint density at radius 2 is 2.00 bits per heavy atom. The molecule has 0 aliphatic rings. The van der Waals surface area contributed by atoms with E-state index in [1.165, 1.54) is 0 Å². The average Bonchev–Trinajstić information content (AvgIpc) is 2.04. The lowest BCUT2D eigenvalue weighted by atomic mass is 10.1. The summed E-state index contributed by atoms with van der Waals surface area (Å²) in [5.41, 5.74) is 2.04. The van der Waals surface area contributed by atoms with Crippen molar-refractivity contribution in [3.63, 3.8) is 0 Å². The van der Waals surface area contributed by atoms with Crippen LogP contribution < -0.4 is 0 Å². The number of rotatable bonds is 2. The number of halogens is 4. The first-order valence-electron chi connectivity index (χ1n) is 3.27. The number of hydrogen-bond donors (Lipinski definition) is 0. The molecule has 12 heavy (non-hydrogen) atoms. The predicted molar refractivity (Wildman–Crippen MR) is 63.6 cm³/mol. The fourth-order valence-corrected chi connectivity index (χ4v) is 2.17. The molecule has 0 aromatic heterocycles. The highest BCUT2D eigenvalue weighted by Crippen LogP contribution is 2.31. The van der Waals surface area contributed by atoms with Crippen LogP contribution in [0.25, 0.3) is 0 Å². The molecule has 0 atom stereocenters. The molecule has 0 fully saturated rings. The highest BCUT2D eigenvalue weighted by molar-refractivity contribution is 14.1. The van der Waals surface area contributed by atoms with Crippen molar-refractivity contribution in [3.05, 3.63) is 34.3 Å². The van der Waals surface area contributed by atoms with Gasteiger partial charge in [0.25, 0.3) is 0 Å². The summed E-state index contributed by atoms with van der Waals surface area (Å²) in [7, 11) is 0. The van der Waals surface area contributed by atoms with E-state index in [1.807, 2.05) is 12.1 Å². The maximum absolute atomic E-state index is 5.80. The molecule has 0 aliphatic heterocycles. The van der Waals surface area contributed by atoms with E-state index in [1.54, 1.807) is 6.07 Å². The quantitative estimate of drug-likeness (QED) is 0.540. The first-order valence-corrected chi connectivity index (χ1v) is 6.05. The van der Waals surface area contributed by atoms with Crippen LogP contribution in [0.2, 0.25) is 5.02 Å². The molecule has 0 heterocycles. The third-order valence-electron chi connectivity index (χ3n) is 1.49. The van der Waals surface area contributed by atoms with Crippen LogP contribution in [0.4, 0.5) is 0 Å². The van der Waals surface area contributed by atoms with Crippen molar-refractivity contribution in [2.45, 2.75) is 9.26 Å². The smallest absolute Gasteiger partial charge is 0.100 e. The Labute approximate surface area is 100 Å². The van der Waals surface area contributed by atoms with Gasteiger partial charge in [-0.25, -0.2) is 0 Å². The topological polar surface area (TPSA) is 0 Å². The number of alkyl halides is 3. The molecule has 0 spiro atoms. The molecule has 1 rings (SSSR count). The van der Waals surface area contributed by atoms with Crippen molar-refractivity contribution >= 4 is 57.4 Å². The van der Waals surface area contributed by atoms with Crippen LogP contribution in [0.5, 0.6) is 0 Å². The van der Waals surface area contributed by atoms with E-state index in [0.29, 0.717) is 5.02 Å². The van der Waals surface area contributed by atoms with E-state index < -0.39 is 4.84 Å². The van der Waals surface area contributed by atoms with Gasteiger partial charge in [0.15, 0.2) is 0 Å². The molecule has 4 heteroatoms. The van der Waals surface area contributed by atoms with Gasteiger partial charge in [0.2, 0.25) is 0 Å². The second-order valence-electron chi connectivity index (χ2n) is 2.28. The summed E-state index contributed by atoms with van der Waals surface area (Å²) in [5.74, 6) is 0. The Morgan fingerprint density at radius 3 is 2.50 bits per heavy atom. The normalized spacial score (nSPS) is 10.8. The van der Waals surface area contributed by atoms with E-state index >= 15 is 0 Å². The van der Waals surface area contributed by atoms with Crippen LogP contribution in [0.1, 0.15) is 16.0 Å². The number of hydrogen-bond acceptors (Lipinski definition) is 0. The minimum Gasteiger partial charge on any atom is -0.100 e. The zero-order valence-electron chi connectivity index (χ0n) is 6.03. The summed E-state index contributed by atoms with van der Waals surface area (Å²) >= 11 is 19.6. The first kappa shape index (κ1) is 10.9. The lowest BCUT2D eigenvalue weighted by Gasteiger charge is -2.07. The van der Waals surface area contributed by atoms with Crippen molar-refractivity contribution in [1.82, 2.24) is 0 Å². The van der Waals surface area contributed by atoms with Crippen molar-refractivity contribution < 1.29 is 0 Å². The third-order valence-corrected chi connectivity index (χ3v) is 3.01. The summed E-state index contributed by atoms with van der Waals surface area (Å²) in [6.07, 6.45) is 0. The lowest BCUT2D eigenvalue weighted by Crippen LogP contribution is -1.89. The monoisotopic (exact) mass is 334 g/mol. The van der Waals surface area contributed by atoms with Gasteiger partial charge in [0.1, 0.15) is 4.84 Å². The van der Waals surface area contributed by atoms with Gasteiger partial charge >= 0.3 is 0 Å². The lowest BCUT2D eigenvalue weighted by molar-refractivity contribution is 1.26. The van der Waals surface area contributed by atoms with Gasteiger partial charge in [0.05, 0.1) is 0 Å². The van der Waals surface area contributed by atoms with Gasteiger partial charge in [0, 0.05) is 9.45 Å². The summed E-state index contributed by atoms with van der Waals surface area (Å²) in [6.45, 7) is 0. The molecule has 1 aromatic rings. The standard InChI is InChI=1S/C8H6Cl3I/c9-6-2-1-5(4-12)7(3-6)8(10)11/h1-3,8H,4H2. The third kappa shape index (κ3) is 2.66. The summed E-state index contributed by atoms with van der Waals surface area (Å²) < 4.78 is 0.889. The molecule has 0 amide bonds. The Bertz CT molecular complexity index is 273. The van der Waals surface area contributed by atoms with Gasteiger partial charge in [-0.2, -0.15) is 0 Å². The van der Waals surface area contributed by atoms with Crippen molar-refractivity contribution in [2.24, 2.45) is 0 Å². The van der Waals surface area contributed by atoms with Crippen LogP contribution in [-0.2, 0) is 4.43 Å². The fourth-order valence-electron chi connectivity index (χ4n) is 0.891. The van der Waals surface area contributed by atoms with Crippen LogP contribution in [-0.4, -0.2) is 0 Å². The van der Waals surface area contributed by atoms with E-state index in [0.717, 1.165) is 15.6 Å². The Kier molecular flexibility index (Phi) is 4.44. The van der Waals surface area contributed by atoms with Gasteiger partial charge in [-0.05, 0) is 23.3 Å². The molecule has 0 aliphatic carbocycles. The molecule has 1 aromatic carbocycles. The van der Waals surface area contributed by atoms with Crippen molar-refractivity contribution in [2.75, 3.05) is 0 Å². The fraction of sp³-hybridized carbons (Fsp3) is 0.250. The van der Waals surface area contributed by atoms with E-state index in [9.17, 15) is 0 Å². The summed E-state index contributed by atoms with van der Waals surface area (Å²) in [6, 6.07) is 5.59. The molecule has 0 bridgehead atoms. The number of benzene rings is 1. The van der Waals surface area contributed by atoms with Crippen LogP contribution in [0.3, 0.4) is 0 Å². The molecular formula is C8H6Cl3I. The first-order chi connectivity index (χ1) is 5.65. The van der Waals surface area contributed by atoms with Gasteiger partial charge in [-0.15, -0.1) is 23.2 Å². The maximum atomic E-state index is 5.80. The van der Waals surface area contributed by atoms with Crippen molar-refractivity contribution in [1.29, 1.82) is 0 Å². The molecule has 0 nitrogen and oxygen atoms in total. The Balaban J connectivity index is 3.12. The predicted octanol–water partition coefficient (Wildman–Crippen LogP) is 4.75. The molecule has 0 saturated heterocycles. The highest BCUT2D eigenvalue weighted by atomic mass is 127. The second kappa shape index (κ2) is 4.89. The van der Waals surface area contributed by atoms with Crippen LogP contribution >= 0.6 is 57.4 Å². The Morgan fingerprint density at radius 1 is 1.33 bits per heavy atom. The van der Waals surface area contributed by atoms with Crippen LogP contribution in [0.15, 0.2) is 18.2 Å². The highest BCUT2D eigenvalue weighted by Gasteiger charge is 2.08. The van der Waals surface area contributed by atoms with E-state index in [4.69, 9.17) is 34.8 Å². The molecule has 0 N–H and O–H groups in total. The SMILES string of the molecule is Clc1ccc(CI)c(C(Cl)Cl)c1. The van der Waals surface area contributed by atoms with Gasteiger partial charge in [-0.1, -0.05) is 40.3 Å². The van der Waals surface area contributed by atoms with Gasteiger partial charge in [-0.3, -0.25) is 0 Å². The summed E-state index contributed by atoms with van der Waals surface area (Å²) in [5, 5.41) is 0.671. The average molecular weight is 335 g/mol. The zero-order chi connectivity index (χ0) is 9.14. The molecule has 0 unspecified atom stereocenters. The summed E-state index contributed by atoms with van der Waals surface area (Å²) in [4.78, 5) is -0.492. The Hall–Kier alpha value is 0.820. The maximum Gasteiger partial charge on any atom is 0.133 e. The largest absolute Gasteiger partial charge is 0.133 e. The molecule has 0 saturated carbocycles. The van der Waals surface area contributed by atoms with Gasteiger partial charge < -0.3 is 0 Å². The molecule has 0 radical (unpaired) electrons. The molecule has 66 valence electrons. The van der Waals surface area contributed by atoms with E-state index in [-0.39, 0.29) is 0 Å². The minimum atomic E-state index is -0.492.